The number of anilines is 2. The molecule has 2 rings (SSSR count). The number of carbonyl (C=O) groups excluding carboxylic acids is 1. The quantitative estimate of drug-likeness (QED) is 0.750. The van der Waals surface area contributed by atoms with Crippen LogP contribution in [0.1, 0.15) is 15.9 Å². The molecule has 0 heterocycles. The molecule has 2 aromatic rings. The molecule has 0 unspecified atom stereocenters. The van der Waals surface area contributed by atoms with Gasteiger partial charge < -0.3 is 15.6 Å². The second-order valence-electron chi connectivity index (χ2n) is 4.41. The number of halogens is 1. The van der Waals surface area contributed by atoms with Crippen LogP contribution in [0.2, 0.25) is 5.02 Å². The van der Waals surface area contributed by atoms with Crippen LogP contribution in [0.4, 0.5) is 16.2 Å². The summed E-state index contributed by atoms with van der Waals surface area (Å²) in [6.45, 7) is 0.105. The largest absolute Gasteiger partial charge is 0.478 e. The molecular formula is C15H13ClN2O4. The first-order chi connectivity index (χ1) is 10.5. The molecule has 22 heavy (non-hydrogen) atoms. The second-order valence-corrected chi connectivity index (χ2v) is 4.82. The van der Waals surface area contributed by atoms with Gasteiger partial charge in [0, 0.05) is 0 Å². The van der Waals surface area contributed by atoms with Gasteiger partial charge in [-0.1, -0.05) is 41.9 Å². The Hall–Kier alpha value is -2.73. The molecule has 0 aliphatic rings. The molecule has 0 bridgehead atoms. The molecule has 2 aromatic carbocycles. The minimum Gasteiger partial charge on any atom is -0.478 e. The van der Waals surface area contributed by atoms with E-state index in [1.807, 2.05) is 30.3 Å². The number of carboxylic acid groups (broad SMARTS) is 1. The van der Waals surface area contributed by atoms with E-state index in [0.717, 1.165) is 5.56 Å². The Morgan fingerprint density at radius 1 is 1.23 bits per heavy atom. The van der Waals surface area contributed by atoms with Gasteiger partial charge in [0.05, 0.1) is 22.0 Å². The first kappa shape index (κ1) is 15.7. The zero-order chi connectivity index (χ0) is 16.1. The van der Waals surface area contributed by atoms with Crippen molar-refractivity contribution in [3.05, 3.63) is 58.6 Å². The minimum absolute atomic E-state index is 0.0277. The van der Waals surface area contributed by atoms with Gasteiger partial charge in [0.2, 0.25) is 0 Å². The fourth-order valence-corrected chi connectivity index (χ4v) is 1.98. The SMILES string of the molecule is Nc1cc(C(=O)O)c(Cl)cc1NC(=O)OCc1ccccc1. The monoisotopic (exact) mass is 320 g/mol. The Labute approximate surface area is 131 Å². The average molecular weight is 321 g/mol. The van der Waals surface area contributed by atoms with E-state index in [4.69, 9.17) is 27.2 Å². The number of benzene rings is 2. The Kier molecular flexibility index (Phi) is 4.85. The molecule has 0 atom stereocenters. The van der Waals surface area contributed by atoms with Crippen molar-refractivity contribution < 1.29 is 19.4 Å². The van der Waals surface area contributed by atoms with Crippen molar-refractivity contribution in [3.63, 3.8) is 0 Å². The maximum absolute atomic E-state index is 11.7. The highest BCUT2D eigenvalue weighted by molar-refractivity contribution is 6.34. The molecule has 0 saturated carbocycles. The first-order valence-corrected chi connectivity index (χ1v) is 6.65. The zero-order valence-corrected chi connectivity index (χ0v) is 12.1. The van der Waals surface area contributed by atoms with Gasteiger partial charge in [0.1, 0.15) is 6.61 Å². The summed E-state index contributed by atoms with van der Waals surface area (Å²) < 4.78 is 5.04. The minimum atomic E-state index is -1.20. The lowest BCUT2D eigenvalue weighted by molar-refractivity contribution is 0.0697. The van der Waals surface area contributed by atoms with E-state index >= 15 is 0 Å². The molecule has 6 nitrogen and oxygen atoms in total. The third kappa shape index (κ3) is 3.89. The van der Waals surface area contributed by atoms with E-state index in [1.54, 1.807) is 0 Å². The smallest absolute Gasteiger partial charge is 0.412 e. The average Bonchev–Trinajstić information content (AvgIpc) is 2.49. The van der Waals surface area contributed by atoms with E-state index in [-0.39, 0.29) is 28.6 Å². The first-order valence-electron chi connectivity index (χ1n) is 6.27. The lowest BCUT2D eigenvalue weighted by Crippen LogP contribution is -2.15. The summed E-state index contributed by atoms with van der Waals surface area (Å²) in [5.41, 5.74) is 6.66. The highest BCUT2D eigenvalue weighted by Gasteiger charge is 2.14. The van der Waals surface area contributed by atoms with Crippen LogP contribution in [-0.2, 0) is 11.3 Å². The van der Waals surface area contributed by atoms with Crippen LogP contribution in [-0.4, -0.2) is 17.2 Å². The van der Waals surface area contributed by atoms with Crippen LogP contribution in [0.3, 0.4) is 0 Å². The Morgan fingerprint density at radius 3 is 2.55 bits per heavy atom. The van der Waals surface area contributed by atoms with Crippen LogP contribution in [0.25, 0.3) is 0 Å². The number of ether oxygens (including phenoxy) is 1. The van der Waals surface area contributed by atoms with Gasteiger partial charge in [-0.2, -0.15) is 0 Å². The topological polar surface area (TPSA) is 102 Å². The predicted molar refractivity (Wildman–Crippen MR) is 83.1 cm³/mol. The summed E-state index contributed by atoms with van der Waals surface area (Å²) in [5, 5.41) is 11.3. The zero-order valence-electron chi connectivity index (χ0n) is 11.4. The van der Waals surface area contributed by atoms with E-state index in [9.17, 15) is 9.59 Å². The summed E-state index contributed by atoms with van der Waals surface area (Å²) in [6.07, 6.45) is -0.713. The van der Waals surface area contributed by atoms with Crippen molar-refractivity contribution in [1.29, 1.82) is 0 Å². The predicted octanol–water partition coefficient (Wildman–Crippen LogP) is 3.37. The van der Waals surface area contributed by atoms with Crippen molar-refractivity contribution in [3.8, 4) is 0 Å². The van der Waals surface area contributed by atoms with Gasteiger partial charge >= 0.3 is 12.1 Å². The van der Waals surface area contributed by atoms with Gasteiger partial charge in [-0.05, 0) is 17.7 Å². The van der Waals surface area contributed by atoms with Gasteiger partial charge in [0.15, 0.2) is 0 Å². The van der Waals surface area contributed by atoms with Crippen LogP contribution in [0.15, 0.2) is 42.5 Å². The number of aromatic carboxylic acids is 1. The second kappa shape index (κ2) is 6.82. The van der Waals surface area contributed by atoms with Crippen LogP contribution < -0.4 is 11.1 Å². The Morgan fingerprint density at radius 2 is 1.91 bits per heavy atom. The standard InChI is InChI=1S/C15H13ClN2O4/c16-11-7-13(12(17)6-10(11)14(19)20)18-15(21)22-8-9-4-2-1-3-5-9/h1-7H,8,17H2,(H,18,21)(H,19,20). The van der Waals surface area contributed by atoms with Crippen LogP contribution in [0, 0.1) is 0 Å². The van der Waals surface area contributed by atoms with Crippen molar-refractivity contribution in [1.82, 2.24) is 0 Å². The highest BCUT2D eigenvalue weighted by Crippen LogP contribution is 2.27. The molecule has 1 amide bonds. The van der Waals surface area contributed by atoms with Gasteiger partial charge in [-0.15, -0.1) is 0 Å². The lowest BCUT2D eigenvalue weighted by Gasteiger charge is -2.11. The molecule has 0 spiro atoms. The fraction of sp³-hybridized carbons (Fsp3) is 0.0667. The number of nitrogens with one attached hydrogen (secondary N) is 1. The molecular weight excluding hydrogens is 308 g/mol. The van der Waals surface area contributed by atoms with E-state index in [0.29, 0.717) is 0 Å². The van der Waals surface area contributed by atoms with Crippen molar-refractivity contribution in [2.24, 2.45) is 0 Å². The molecule has 0 fully saturated rings. The third-order valence-electron chi connectivity index (χ3n) is 2.82. The van der Waals surface area contributed by atoms with Gasteiger partial charge in [0.25, 0.3) is 0 Å². The summed E-state index contributed by atoms with van der Waals surface area (Å²) in [5.74, 6) is -1.20. The van der Waals surface area contributed by atoms with Crippen LogP contribution >= 0.6 is 11.6 Å². The number of nitrogen functional groups attached to an aromatic ring is 1. The molecule has 0 aliphatic carbocycles. The maximum atomic E-state index is 11.7. The molecule has 4 N–H and O–H groups in total. The highest BCUT2D eigenvalue weighted by atomic mass is 35.5. The van der Waals surface area contributed by atoms with E-state index in [2.05, 4.69) is 5.32 Å². The Bertz CT molecular complexity index is 704. The fourth-order valence-electron chi connectivity index (χ4n) is 1.73. The lowest BCUT2D eigenvalue weighted by atomic mass is 10.1. The number of hydrogen-bond donors (Lipinski definition) is 3. The molecule has 114 valence electrons. The van der Waals surface area contributed by atoms with Crippen molar-refractivity contribution >= 4 is 35.0 Å². The molecule has 0 saturated heterocycles. The number of carboxylic acids is 1. The van der Waals surface area contributed by atoms with E-state index < -0.39 is 12.1 Å². The van der Waals surface area contributed by atoms with Crippen molar-refractivity contribution in [2.45, 2.75) is 6.61 Å². The third-order valence-corrected chi connectivity index (χ3v) is 3.13. The summed E-state index contributed by atoms with van der Waals surface area (Å²) in [7, 11) is 0. The van der Waals surface area contributed by atoms with E-state index in [1.165, 1.54) is 12.1 Å². The number of nitrogens with two attached hydrogens (primary N) is 1. The normalized spacial score (nSPS) is 10.0. The molecule has 0 aliphatic heterocycles. The van der Waals surface area contributed by atoms with Gasteiger partial charge in [-0.25, -0.2) is 9.59 Å². The summed E-state index contributed by atoms with van der Waals surface area (Å²) in [4.78, 5) is 22.6. The summed E-state index contributed by atoms with van der Waals surface area (Å²) >= 11 is 5.82. The maximum Gasteiger partial charge on any atom is 0.412 e. The van der Waals surface area contributed by atoms with Crippen LogP contribution in [0.5, 0.6) is 0 Å². The number of rotatable bonds is 4. The molecule has 0 aromatic heterocycles. The summed E-state index contributed by atoms with van der Waals surface area (Å²) in [6, 6.07) is 11.6. The molecule has 0 radical (unpaired) electrons. The van der Waals surface area contributed by atoms with Crippen molar-refractivity contribution in [2.75, 3.05) is 11.1 Å². The number of amides is 1. The van der Waals surface area contributed by atoms with Gasteiger partial charge in [-0.3, -0.25) is 5.32 Å². The molecule has 7 heteroatoms. The number of carbonyl (C=O) groups is 2. The Balaban J connectivity index is 2.02. The number of hydrogen-bond acceptors (Lipinski definition) is 4.